The SMILES string of the molecule is O=[14CH]CCCCCOCc1ccccc1. The van der Waals surface area contributed by atoms with Gasteiger partial charge >= 0.3 is 0 Å². The maximum absolute atomic E-state index is 10.0. The molecule has 0 bridgehead atoms. The number of unbranched alkanes of at least 4 members (excludes halogenated alkanes) is 3. The summed E-state index contributed by atoms with van der Waals surface area (Å²) < 4.78 is 5.51. The van der Waals surface area contributed by atoms with E-state index in [2.05, 4.69) is 12.1 Å². The molecular formula is C13H18O2. The minimum absolute atomic E-state index is 0.679. The van der Waals surface area contributed by atoms with Crippen molar-refractivity contribution < 1.29 is 9.53 Å². The fourth-order valence-corrected chi connectivity index (χ4v) is 1.37. The molecule has 0 unspecified atom stereocenters. The highest BCUT2D eigenvalue weighted by Crippen LogP contribution is 2.03. The summed E-state index contributed by atoms with van der Waals surface area (Å²) in [5.41, 5.74) is 1.21. The van der Waals surface area contributed by atoms with E-state index >= 15 is 0 Å². The summed E-state index contributed by atoms with van der Waals surface area (Å²) in [4.78, 5) is 10.0. The molecule has 1 aromatic carbocycles. The molecule has 0 aromatic heterocycles. The van der Waals surface area contributed by atoms with Gasteiger partial charge in [0.2, 0.25) is 0 Å². The van der Waals surface area contributed by atoms with Gasteiger partial charge in [-0.1, -0.05) is 36.8 Å². The molecule has 0 aliphatic carbocycles. The lowest BCUT2D eigenvalue weighted by Crippen LogP contribution is -1.95. The lowest BCUT2D eigenvalue weighted by atomic mass is 10.2. The molecule has 0 spiro atoms. The molecule has 0 radical (unpaired) electrons. The first kappa shape index (κ1) is 11.9. The third kappa shape index (κ3) is 6.02. The van der Waals surface area contributed by atoms with Crippen LogP contribution in [0.25, 0.3) is 0 Å². The third-order valence-electron chi connectivity index (χ3n) is 2.22. The molecule has 15 heavy (non-hydrogen) atoms. The lowest BCUT2D eigenvalue weighted by molar-refractivity contribution is -0.107. The van der Waals surface area contributed by atoms with E-state index in [1.165, 1.54) is 5.56 Å². The number of rotatable bonds is 8. The number of hydrogen-bond donors (Lipinski definition) is 0. The van der Waals surface area contributed by atoms with Crippen LogP contribution in [-0.4, -0.2) is 12.9 Å². The van der Waals surface area contributed by atoms with E-state index in [-0.39, 0.29) is 0 Å². The molecule has 1 aromatic rings. The Morgan fingerprint density at radius 3 is 2.60 bits per heavy atom. The molecule has 0 heterocycles. The van der Waals surface area contributed by atoms with Crippen molar-refractivity contribution in [1.82, 2.24) is 0 Å². The van der Waals surface area contributed by atoms with Crippen LogP contribution < -0.4 is 0 Å². The van der Waals surface area contributed by atoms with Crippen molar-refractivity contribution in [3.63, 3.8) is 0 Å². The molecule has 0 amide bonds. The van der Waals surface area contributed by atoms with Crippen molar-refractivity contribution >= 4 is 6.29 Å². The smallest absolute Gasteiger partial charge is 0.119 e. The first-order valence-electron chi connectivity index (χ1n) is 5.49. The molecular weight excluding hydrogens is 190 g/mol. The van der Waals surface area contributed by atoms with Crippen LogP contribution in [0.3, 0.4) is 0 Å². The number of carbonyl (C=O) groups is 1. The molecule has 2 nitrogen and oxygen atoms in total. The monoisotopic (exact) mass is 208 g/mol. The highest BCUT2D eigenvalue weighted by Gasteiger charge is 1.92. The molecule has 82 valence electrons. The van der Waals surface area contributed by atoms with Crippen molar-refractivity contribution in [1.29, 1.82) is 0 Å². The van der Waals surface area contributed by atoms with Crippen LogP contribution in [0, 0.1) is 0 Å². The normalized spacial score (nSPS) is 10.1. The second-order valence-corrected chi connectivity index (χ2v) is 3.55. The van der Waals surface area contributed by atoms with E-state index < -0.39 is 0 Å². The minimum atomic E-state index is 0.679. The van der Waals surface area contributed by atoms with Crippen molar-refractivity contribution in [2.45, 2.75) is 32.3 Å². The van der Waals surface area contributed by atoms with Gasteiger partial charge < -0.3 is 9.53 Å². The standard InChI is InChI=1S/C13H18O2/c14-10-6-1-2-7-11-15-12-13-8-4-3-5-9-13/h3-5,8-10H,1-2,6-7,11-12H2/i10+2. The predicted octanol–water partition coefficient (Wildman–Crippen LogP) is 2.96. The minimum Gasteiger partial charge on any atom is -0.377 e. The molecule has 0 fully saturated rings. The van der Waals surface area contributed by atoms with Gasteiger partial charge in [0.15, 0.2) is 0 Å². The Morgan fingerprint density at radius 2 is 1.87 bits per heavy atom. The van der Waals surface area contributed by atoms with Gasteiger partial charge in [0.25, 0.3) is 0 Å². The summed E-state index contributed by atoms with van der Waals surface area (Å²) in [6.07, 6.45) is 4.76. The van der Waals surface area contributed by atoms with E-state index in [9.17, 15) is 4.79 Å². The summed E-state index contributed by atoms with van der Waals surface area (Å²) in [7, 11) is 0. The summed E-state index contributed by atoms with van der Waals surface area (Å²) in [5, 5.41) is 0. The van der Waals surface area contributed by atoms with Crippen LogP contribution in [0.1, 0.15) is 31.2 Å². The van der Waals surface area contributed by atoms with Crippen LogP contribution in [0.5, 0.6) is 0 Å². The first-order valence-corrected chi connectivity index (χ1v) is 5.49. The van der Waals surface area contributed by atoms with Gasteiger partial charge in [-0.05, 0) is 18.4 Å². The number of carbonyl (C=O) groups excluding carboxylic acids is 1. The molecule has 0 N–H and O–H groups in total. The third-order valence-corrected chi connectivity index (χ3v) is 2.22. The second-order valence-electron chi connectivity index (χ2n) is 3.55. The number of aldehydes is 1. The average molecular weight is 208 g/mol. The van der Waals surface area contributed by atoms with Crippen molar-refractivity contribution in [2.24, 2.45) is 0 Å². The van der Waals surface area contributed by atoms with Gasteiger partial charge in [-0.15, -0.1) is 0 Å². The highest BCUT2D eigenvalue weighted by atomic mass is 16.5. The van der Waals surface area contributed by atoms with Gasteiger partial charge in [-0.2, -0.15) is 0 Å². The van der Waals surface area contributed by atoms with Gasteiger partial charge in [-0.25, -0.2) is 0 Å². The molecule has 0 saturated carbocycles. The summed E-state index contributed by atoms with van der Waals surface area (Å²) in [5.74, 6) is 0. The molecule has 1 rings (SSSR count). The second kappa shape index (κ2) is 8.18. The highest BCUT2D eigenvalue weighted by molar-refractivity contribution is 5.48. The van der Waals surface area contributed by atoms with E-state index in [0.717, 1.165) is 32.2 Å². The average Bonchev–Trinajstić information content (AvgIpc) is 2.29. The van der Waals surface area contributed by atoms with E-state index in [1.54, 1.807) is 0 Å². The van der Waals surface area contributed by atoms with E-state index in [4.69, 9.17) is 4.74 Å². The maximum atomic E-state index is 10.0. The molecule has 2 heteroatoms. The van der Waals surface area contributed by atoms with Crippen LogP contribution in [0.15, 0.2) is 30.3 Å². The first-order chi connectivity index (χ1) is 7.43. The summed E-state index contributed by atoms with van der Waals surface area (Å²) in [6, 6.07) is 10.2. The lowest BCUT2D eigenvalue weighted by Gasteiger charge is -2.03. The summed E-state index contributed by atoms with van der Waals surface area (Å²) >= 11 is 0. The van der Waals surface area contributed by atoms with Gasteiger partial charge in [0.1, 0.15) is 6.29 Å². The number of hydrogen-bond acceptors (Lipinski definition) is 2. The van der Waals surface area contributed by atoms with Crippen molar-refractivity contribution in [2.75, 3.05) is 6.61 Å². The molecule has 0 saturated heterocycles. The van der Waals surface area contributed by atoms with Gasteiger partial charge in [0, 0.05) is 13.0 Å². The Labute approximate surface area is 91.3 Å². The van der Waals surface area contributed by atoms with Crippen LogP contribution in [0.2, 0.25) is 0 Å². The van der Waals surface area contributed by atoms with Crippen molar-refractivity contribution in [3.8, 4) is 0 Å². The fourth-order valence-electron chi connectivity index (χ4n) is 1.37. The van der Waals surface area contributed by atoms with E-state index in [1.807, 2.05) is 18.2 Å². The van der Waals surface area contributed by atoms with Crippen molar-refractivity contribution in [3.05, 3.63) is 35.9 Å². The van der Waals surface area contributed by atoms with Gasteiger partial charge in [0.05, 0.1) is 6.61 Å². The van der Waals surface area contributed by atoms with Crippen LogP contribution in [-0.2, 0) is 16.1 Å². The van der Waals surface area contributed by atoms with Crippen LogP contribution in [0.4, 0.5) is 0 Å². The topological polar surface area (TPSA) is 26.3 Å². The number of benzene rings is 1. The molecule has 0 atom stereocenters. The zero-order chi connectivity index (χ0) is 10.8. The Balaban J connectivity index is 1.95. The molecule has 0 aliphatic heterocycles. The van der Waals surface area contributed by atoms with E-state index in [0.29, 0.717) is 13.0 Å². The molecule has 0 aliphatic rings. The Bertz CT molecular complexity index is 256. The Morgan fingerprint density at radius 1 is 1.07 bits per heavy atom. The quantitative estimate of drug-likeness (QED) is 0.485. The number of ether oxygens (including phenoxy) is 1. The Kier molecular flexibility index (Phi) is 6.50. The Hall–Kier alpha value is -1.15. The van der Waals surface area contributed by atoms with Crippen LogP contribution >= 0.6 is 0 Å². The summed E-state index contributed by atoms with van der Waals surface area (Å²) in [6.45, 7) is 1.47. The fraction of sp³-hybridized carbons (Fsp3) is 0.462. The zero-order valence-corrected chi connectivity index (χ0v) is 9.02. The predicted molar refractivity (Wildman–Crippen MR) is 60.6 cm³/mol. The van der Waals surface area contributed by atoms with Gasteiger partial charge in [-0.3, -0.25) is 0 Å². The zero-order valence-electron chi connectivity index (χ0n) is 9.02. The maximum Gasteiger partial charge on any atom is 0.119 e. The largest absolute Gasteiger partial charge is 0.377 e.